The highest BCUT2D eigenvalue weighted by Crippen LogP contribution is 2.30. The second kappa shape index (κ2) is 7.32. The Morgan fingerprint density at radius 1 is 1.19 bits per heavy atom. The summed E-state index contributed by atoms with van der Waals surface area (Å²) in [5.74, 6) is -0.650. The minimum atomic E-state index is -0.929. The Kier molecular flexibility index (Phi) is 5.11. The van der Waals surface area contributed by atoms with E-state index in [-0.39, 0.29) is 11.9 Å². The number of nitrogens with one attached hydrogen (secondary N) is 1. The minimum absolute atomic E-state index is 0.284. The molecule has 6 nitrogen and oxygen atoms in total. The number of benzene rings is 1. The molecule has 0 radical (unpaired) electrons. The molecule has 2 aromatic rings. The summed E-state index contributed by atoms with van der Waals surface area (Å²) < 4.78 is 6.72. The fourth-order valence-corrected chi connectivity index (χ4v) is 3.67. The maximum Gasteiger partial charge on any atom is 0.331 e. The van der Waals surface area contributed by atoms with Crippen LogP contribution >= 0.6 is 0 Å². The van der Waals surface area contributed by atoms with Crippen molar-refractivity contribution in [3.05, 3.63) is 47.3 Å². The lowest BCUT2D eigenvalue weighted by atomic mass is 9.81. The third kappa shape index (κ3) is 3.36. The molecule has 1 amide bonds. The number of esters is 1. The summed E-state index contributed by atoms with van der Waals surface area (Å²) in [6.07, 6.45) is 5.64. The van der Waals surface area contributed by atoms with E-state index < -0.39 is 5.54 Å². The lowest BCUT2D eigenvalue weighted by Crippen LogP contribution is -2.56. The Morgan fingerprint density at radius 3 is 2.58 bits per heavy atom. The third-order valence-corrected chi connectivity index (χ3v) is 5.14. The fourth-order valence-electron chi connectivity index (χ4n) is 3.67. The minimum Gasteiger partial charge on any atom is -0.467 e. The van der Waals surface area contributed by atoms with Crippen molar-refractivity contribution in [1.82, 2.24) is 15.1 Å². The van der Waals surface area contributed by atoms with Crippen molar-refractivity contribution in [3.8, 4) is 5.69 Å². The van der Waals surface area contributed by atoms with E-state index in [9.17, 15) is 9.59 Å². The summed E-state index contributed by atoms with van der Waals surface area (Å²) in [7, 11) is 1.37. The summed E-state index contributed by atoms with van der Waals surface area (Å²) >= 11 is 0. The first-order chi connectivity index (χ1) is 12.5. The van der Waals surface area contributed by atoms with Crippen LogP contribution in [0.25, 0.3) is 5.69 Å². The van der Waals surface area contributed by atoms with Gasteiger partial charge in [0.25, 0.3) is 5.91 Å². The first-order valence-electron chi connectivity index (χ1n) is 8.99. The molecule has 1 aliphatic carbocycles. The van der Waals surface area contributed by atoms with Gasteiger partial charge in [0.15, 0.2) is 0 Å². The molecule has 0 spiro atoms. The summed E-state index contributed by atoms with van der Waals surface area (Å²) in [6, 6.07) is 7.93. The molecule has 0 atom stereocenters. The molecular weight excluding hydrogens is 330 g/mol. The Morgan fingerprint density at radius 2 is 1.92 bits per heavy atom. The van der Waals surface area contributed by atoms with Crippen molar-refractivity contribution in [1.29, 1.82) is 0 Å². The summed E-state index contributed by atoms with van der Waals surface area (Å²) in [4.78, 5) is 25.2. The Bertz CT molecular complexity index is 819. The van der Waals surface area contributed by atoms with Crippen LogP contribution in [0.1, 0.15) is 53.7 Å². The van der Waals surface area contributed by atoms with E-state index in [0.29, 0.717) is 18.4 Å². The van der Waals surface area contributed by atoms with Gasteiger partial charge in [-0.05, 0) is 44.4 Å². The molecule has 0 bridgehead atoms. The van der Waals surface area contributed by atoms with Crippen LogP contribution in [0.4, 0.5) is 0 Å². The van der Waals surface area contributed by atoms with Crippen LogP contribution in [0.2, 0.25) is 0 Å². The van der Waals surface area contributed by atoms with Crippen LogP contribution in [-0.4, -0.2) is 34.3 Å². The molecule has 1 fully saturated rings. The van der Waals surface area contributed by atoms with Crippen LogP contribution in [0.3, 0.4) is 0 Å². The maximum atomic E-state index is 12.9. The molecule has 26 heavy (non-hydrogen) atoms. The van der Waals surface area contributed by atoms with Crippen molar-refractivity contribution in [3.63, 3.8) is 0 Å². The van der Waals surface area contributed by atoms with E-state index in [1.54, 1.807) is 10.9 Å². The molecule has 138 valence electrons. The van der Waals surface area contributed by atoms with Gasteiger partial charge in [0.1, 0.15) is 5.54 Å². The first-order valence-corrected chi connectivity index (χ1v) is 8.99. The lowest BCUT2D eigenvalue weighted by Gasteiger charge is -2.35. The highest BCUT2D eigenvalue weighted by atomic mass is 16.5. The van der Waals surface area contributed by atoms with Crippen LogP contribution in [0.15, 0.2) is 30.5 Å². The number of nitrogens with zero attached hydrogens (tertiary/aromatic N) is 2. The Hall–Kier alpha value is -2.63. The van der Waals surface area contributed by atoms with Gasteiger partial charge in [0, 0.05) is 0 Å². The van der Waals surface area contributed by atoms with E-state index >= 15 is 0 Å². The van der Waals surface area contributed by atoms with Gasteiger partial charge >= 0.3 is 5.97 Å². The molecule has 6 heteroatoms. The number of carbonyl (C=O) groups is 2. The number of aryl methyl sites for hydroxylation is 1. The number of aromatic nitrogens is 2. The second-order valence-electron chi connectivity index (χ2n) is 6.98. The number of carbonyl (C=O) groups excluding carboxylic acids is 2. The third-order valence-electron chi connectivity index (χ3n) is 5.14. The van der Waals surface area contributed by atoms with Crippen LogP contribution in [-0.2, 0) is 9.53 Å². The number of hydrogen-bond donors (Lipinski definition) is 1. The van der Waals surface area contributed by atoms with Gasteiger partial charge in [-0.3, -0.25) is 4.79 Å². The monoisotopic (exact) mass is 355 g/mol. The van der Waals surface area contributed by atoms with Gasteiger partial charge in [-0.15, -0.1) is 0 Å². The van der Waals surface area contributed by atoms with Gasteiger partial charge in [-0.2, -0.15) is 5.10 Å². The average molecular weight is 355 g/mol. The van der Waals surface area contributed by atoms with E-state index in [1.807, 2.05) is 38.1 Å². The van der Waals surface area contributed by atoms with Gasteiger partial charge in [0.2, 0.25) is 0 Å². The first kappa shape index (κ1) is 18.2. The van der Waals surface area contributed by atoms with E-state index in [2.05, 4.69) is 10.4 Å². The van der Waals surface area contributed by atoms with Gasteiger partial charge in [-0.1, -0.05) is 31.4 Å². The Labute approximate surface area is 153 Å². The average Bonchev–Trinajstić information content (AvgIpc) is 3.03. The van der Waals surface area contributed by atoms with Crippen LogP contribution < -0.4 is 5.32 Å². The zero-order valence-corrected chi connectivity index (χ0v) is 15.5. The normalized spacial score (nSPS) is 16.1. The van der Waals surface area contributed by atoms with Crippen molar-refractivity contribution in [2.24, 2.45) is 0 Å². The van der Waals surface area contributed by atoms with E-state index in [0.717, 1.165) is 36.2 Å². The molecule has 1 aromatic heterocycles. The number of rotatable bonds is 4. The number of hydrogen-bond acceptors (Lipinski definition) is 4. The van der Waals surface area contributed by atoms with E-state index in [1.165, 1.54) is 7.11 Å². The van der Waals surface area contributed by atoms with Crippen molar-refractivity contribution in [2.45, 2.75) is 51.5 Å². The van der Waals surface area contributed by atoms with Crippen molar-refractivity contribution >= 4 is 11.9 Å². The lowest BCUT2D eigenvalue weighted by molar-refractivity contribution is -0.149. The molecular formula is C20H25N3O3. The predicted octanol–water partition coefficient (Wildman–Crippen LogP) is 3.09. The SMILES string of the molecule is COC(=O)C1(NC(=O)c2cnn(-c3cccc(C)c3)c2C)CCCCC1. The second-order valence-corrected chi connectivity index (χ2v) is 6.98. The Balaban J connectivity index is 1.87. The molecule has 0 unspecified atom stereocenters. The highest BCUT2D eigenvalue weighted by Gasteiger charge is 2.42. The van der Waals surface area contributed by atoms with Crippen LogP contribution in [0, 0.1) is 13.8 Å². The van der Waals surface area contributed by atoms with Crippen LogP contribution in [0.5, 0.6) is 0 Å². The quantitative estimate of drug-likeness (QED) is 0.856. The van der Waals surface area contributed by atoms with Gasteiger partial charge in [0.05, 0.1) is 30.3 Å². The van der Waals surface area contributed by atoms with Gasteiger partial charge < -0.3 is 10.1 Å². The molecule has 1 aromatic carbocycles. The van der Waals surface area contributed by atoms with Crippen molar-refractivity contribution in [2.75, 3.05) is 7.11 Å². The predicted molar refractivity (Wildman–Crippen MR) is 98.3 cm³/mol. The molecule has 1 aliphatic rings. The highest BCUT2D eigenvalue weighted by molar-refractivity contribution is 5.99. The summed E-state index contributed by atoms with van der Waals surface area (Å²) in [6.45, 7) is 3.87. The van der Waals surface area contributed by atoms with Crippen molar-refractivity contribution < 1.29 is 14.3 Å². The molecule has 1 N–H and O–H groups in total. The maximum absolute atomic E-state index is 12.9. The smallest absolute Gasteiger partial charge is 0.331 e. The summed E-state index contributed by atoms with van der Waals surface area (Å²) in [5.41, 5.74) is 2.31. The summed E-state index contributed by atoms with van der Waals surface area (Å²) in [5, 5.41) is 7.32. The number of methoxy groups -OCH3 is 1. The zero-order valence-electron chi connectivity index (χ0n) is 15.5. The molecule has 0 saturated heterocycles. The van der Waals surface area contributed by atoms with Gasteiger partial charge in [-0.25, -0.2) is 9.48 Å². The topological polar surface area (TPSA) is 73.2 Å². The molecule has 1 saturated carbocycles. The van der Waals surface area contributed by atoms with E-state index in [4.69, 9.17) is 4.74 Å². The molecule has 0 aliphatic heterocycles. The zero-order chi connectivity index (χ0) is 18.7. The largest absolute Gasteiger partial charge is 0.467 e. The number of amides is 1. The fraction of sp³-hybridized carbons (Fsp3) is 0.450. The molecule has 1 heterocycles. The standard InChI is InChI=1S/C20H25N3O3/c1-14-8-7-9-16(12-14)23-15(2)17(13-21-23)18(24)22-20(19(25)26-3)10-5-4-6-11-20/h7-9,12-13H,4-6,10-11H2,1-3H3,(H,22,24). The number of ether oxygens (including phenoxy) is 1. The molecule has 3 rings (SSSR count).